The summed E-state index contributed by atoms with van der Waals surface area (Å²) in [6, 6.07) is 12.1. The van der Waals surface area contributed by atoms with Crippen molar-refractivity contribution in [3.05, 3.63) is 64.1 Å². The van der Waals surface area contributed by atoms with Crippen molar-refractivity contribution >= 4 is 45.9 Å². The molecule has 0 unspecified atom stereocenters. The summed E-state index contributed by atoms with van der Waals surface area (Å²) in [7, 11) is 0. The molecule has 0 spiro atoms. The molecule has 0 radical (unpaired) electrons. The van der Waals surface area contributed by atoms with E-state index in [1.165, 1.54) is 11.8 Å². The maximum absolute atomic E-state index is 12.7. The van der Waals surface area contributed by atoms with Gasteiger partial charge in [-0.2, -0.15) is 0 Å². The van der Waals surface area contributed by atoms with Gasteiger partial charge in [-0.15, -0.1) is 0 Å². The van der Waals surface area contributed by atoms with Crippen molar-refractivity contribution in [3.63, 3.8) is 0 Å². The molecule has 1 aromatic carbocycles. The minimum absolute atomic E-state index is 0.0631. The molecule has 1 saturated heterocycles. The maximum Gasteiger partial charge on any atom is 0.338 e. The summed E-state index contributed by atoms with van der Waals surface area (Å²) >= 11 is 7.07. The number of anilines is 1. The minimum Gasteiger partial charge on any atom is -0.462 e. The van der Waals surface area contributed by atoms with Crippen LogP contribution in [0.25, 0.3) is 0 Å². The van der Waals surface area contributed by atoms with Gasteiger partial charge in [0, 0.05) is 43.0 Å². The molecule has 2 aliphatic rings. The number of hydrogen-bond acceptors (Lipinski definition) is 6. The third-order valence-corrected chi connectivity index (χ3v) is 7.62. The standard InChI is InChI=1S/C24H27N3O4S2/c1-3-31-23(30)17-7-9-19(10-8-17)25-22(29)15(2)33-24(32)26-12-16-11-18(14-26)20-5-4-6-21(28)27(20)13-16/h4-10,15-16,18H,3,11-14H2,1-2H3,(H,25,29)/t15-,16-,18-/m0/s1. The number of rotatable bonds is 5. The molecule has 1 aromatic heterocycles. The lowest BCUT2D eigenvalue weighted by atomic mass is 9.83. The van der Waals surface area contributed by atoms with E-state index in [4.69, 9.17) is 17.0 Å². The SMILES string of the molecule is CCOC(=O)c1ccc(NC(=O)[C@H](C)SC(=S)N2C[C@@H]3C[C@@H](C2)c2cccc(=O)n2C3)cc1. The quantitative estimate of drug-likeness (QED) is 0.513. The number of amides is 1. The summed E-state index contributed by atoms with van der Waals surface area (Å²) in [4.78, 5) is 38.9. The second kappa shape index (κ2) is 10.1. The molecule has 9 heteroatoms. The Bertz CT molecular complexity index is 1120. The molecule has 1 fully saturated rings. The molecule has 0 aliphatic carbocycles. The predicted molar refractivity (Wildman–Crippen MR) is 134 cm³/mol. The fourth-order valence-electron chi connectivity index (χ4n) is 4.47. The van der Waals surface area contributed by atoms with Gasteiger partial charge in [0.05, 0.1) is 17.4 Å². The van der Waals surface area contributed by atoms with Crippen LogP contribution in [-0.4, -0.2) is 50.6 Å². The summed E-state index contributed by atoms with van der Waals surface area (Å²) in [5.74, 6) is 0.104. The summed E-state index contributed by atoms with van der Waals surface area (Å²) in [6.45, 7) is 6.18. The van der Waals surface area contributed by atoms with Crippen molar-refractivity contribution in [1.29, 1.82) is 0 Å². The first-order valence-electron chi connectivity index (χ1n) is 11.1. The van der Waals surface area contributed by atoms with E-state index in [0.717, 1.165) is 25.2 Å². The molecule has 7 nitrogen and oxygen atoms in total. The van der Waals surface area contributed by atoms with Gasteiger partial charge in [0.15, 0.2) is 0 Å². The zero-order chi connectivity index (χ0) is 23.5. The lowest BCUT2D eigenvalue weighted by Crippen LogP contribution is -2.48. The first-order chi connectivity index (χ1) is 15.9. The van der Waals surface area contributed by atoms with Crippen molar-refractivity contribution in [2.75, 3.05) is 25.0 Å². The number of nitrogens with zero attached hydrogens (tertiary/aromatic N) is 2. The molecule has 2 bridgehead atoms. The molecule has 2 aromatic rings. The summed E-state index contributed by atoms with van der Waals surface area (Å²) in [5, 5.41) is 2.50. The summed E-state index contributed by atoms with van der Waals surface area (Å²) < 4.78 is 7.58. The number of piperidine rings is 1. The van der Waals surface area contributed by atoms with Gasteiger partial charge in [-0.25, -0.2) is 4.79 Å². The second-order valence-corrected chi connectivity index (χ2v) is 10.4. The summed E-state index contributed by atoms with van der Waals surface area (Å²) in [5.41, 5.74) is 2.19. The van der Waals surface area contributed by atoms with E-state index in [9.17, 15) is 14.4 Å². The number of ether oxygens (including phenoxy) is 1. The summed E-state index contributed by atoms with van der Waals surface area (Å²) in [6.07, 6.45) is 1.06. The highest BCUT2D eigenvalue weighted by Crippen LogP contribution is 2.36. The lowest BCUT2D eigenvalue weighted by molar-refractivity contribution is -0.115. The minimum atomic E-state index is -0.386. The predicted octanol–water partition coefficient (Wildman–Crippen LogP) is 3.49. The lowest BCUT2D eigenvalue weighted by Gasteiger charge is -2.43. The van der Waals surface area contributed by atoms with Crippen LogP contribution in [0.1, 0.15) is 42.2 Å². The number of thiocarbonyl (C=S) groups is 1. The Labute approximate surface area is 202 Å². The number of pyridine rings is 1. The molecule has 1 N–H and O–H groups in total. The van der Waals surface area contributed by atoms with E-state index >= 15 is 0 Å². The van der Waals surface area contributed by atoms with Gasteiger partial charge >= 0.3 is 5.97 Å². The number of benzene rings is 1. The maximum atomic E-state index is 12.7. The van der Waals surface area contributed by atoms with Crippen LogP contribution < -0.4 is 10.9 Å². The largest absolute Gasteiger partial charge is 0.462 e. The number of aromatic nitrogens is 1. The van der Waals surface area contributed by atoms with Crippen LogP contribution in [0, 0.1) is 5.92 Å². The normalized spacial score (nSPS) is 19.9. The highest BCUT2D eigenvalue weighted by molar-refractivity contribution is 8.23. The molecular formula is C24H27N3O4S2. The number of fused-ring (bicyclic) bond motifs is 4. The van der Waals surface area contributed by atoms with Gasteiger partial charge in [0.1, 0.15) is 4.32 Å². The Morgan fingerprint density at radius 3 is 2.67 bits per heavy atom. The van der Waals surface area contributed by atoms with E-state index in [-0.39, 0.29) is 28.6 Å². The first-order valence-corrected chi connectivity index (χ1v) is 12.4. The van der Waals surface area contributed by atoms with E-state index in [1.54, 1.807) is 37.3 Å². The molecule has 3 atom stereocenters. The van der Waals surface area contributed by atoms with Crippen LogP contribution in [-0.2, 0) is 16.1 Å². The second-order valence-electron chi connectivity index (χ2n) is 8.42. The van der Waals surface area contributed by atoms with Gasteiger partial charge in [-0.3, -0.25) is 9.59 Å². The number of thioether (sulfide) groups is 1. The zero-order valence-corrected chi connectivity index (χ0v) is 20.3. The van der Waals surface area contributed by atoms with Crippen molar-refractivity contribution < 1.29 is 14.3 Å². The Morgan fingerprint density at radius 1 is 1.18 bits per heavy atom. The first kappa shape index (κ1) is 23.5. The van der Waals surface area contributed by atoms with Crippen LogP contribution in [0.15, 0.2) is 47.3 Å². The molecular weight excluding hydrogens is 458 g/mol. The molecule has 1 amide bonds. The van der Waals surface area contributed by atoms with E-state index < -0.39 is 0 Å². The molecule has 2 aliphatic heterocycles. The highest BCUT2D eigenvalue weighted by atomic mass is 32.2. The Hall–Kier alpha value is -2.65. The average molecular weight is 486 g/mol. The molecule has 3 heterocycles. The monoisotopic (exact) mass is 485 g/mol. The fraction of sp³-hybridized carbons (Fsp3) is 0.417. The van der Waals surface area contributed by atoms with Gasteiger partial charge in [-0.1, -0.05) is 30.0 Å². The van der Waals surface area contributed by atoms with Crippen LogP contribution in [0.4, 0.5) is 5.69 Å². The average Bonchev–Trinajstić information content (AvgIpc) is 2.80. The number of carbonyl (C=O) groups excluding carboxylic acids is 2. The number of carbonyl (C=O) groups is 2. The van der Waals surface area contributed by atoms with Crippen molar-refractivity contribution in [2.24, 2.45) is 5.92 Å². The molecule has 0 saturated carbocycles. The third-order valence-electron chi connectivity index (χ3n) is 6.05. The van der Waals surface area contributed by atoms with Gasteiger partial charge in [0.2, 0.25) is 5.91 Å². The molecule has 33 heavy (non-hydrogen) atoms. The van der Waals surface area contributed by atoms with Crippen molar-refractivity contribution in [3.8, 4) is 0 Å². The van der Waals surface area contributed by atoms with Gasteiger partial charge in [0.25, 0.3) is 5.56 Å². The van der Waals surface area contributed by atoms with Crippen LogP contribution in [0.2, 0.25) is 0 Å². The van der Waals surface area contributed by atoms with Crippen LogP contribution in [0.3, 0.4) is 0 Å². The van der Waals surface area contributed by atoms with Crippen molar-refractivity contribution in [2.45, 2.75) is 38.0 Å². The topological polar surface area (TPSA) is 80.6 Å². The number of hydrogen-bond donors (Lipinski definition) is 1. The zero-order valence-electron chi connectivity index (χ0n) is 18.7. The van der Waals surface area contributed by atoms with Gasteiger partial charge < -0.3 is 19.5 Å². The number of esters is 1. The Kier molecular flexibility index (Phi) is 7.19. The third kappa shape index (κ3) is 5.30. The molecule has 4 rings (SSSR count). The van der Waals surface area contributed by atoms with Crippen LogP contribution >= 0.6 is 24.0 Å². The molecule has 174 valence electrons. The van der Waals surface area contributed by atoms with Crippen LogP contribution in [0.5, 0.6) is 0 Å². The van der Waals surface area contributed by atoms with Gasteiger partial charge in [-0.05, 0) is 56.5 Å². The number of nitrogens with one attached hydrogen (secondary N) is 1. The Balaban J connectivity index is 1.34. The highest BCUT2D eigenvalue weighted by Gasteiger charge is 2.35. The van der Waals surface area contributed by atoms with E-state index in [2.05, 4.69) is 10.2 Å². The van der Waals surface area contributed by atoms with E-state index in [0.29, 0.717) is 34.6 Å². The Morgan fingerprint density at radius 2 is 1.94 bits per heavy atom. The fourth-order valence-corrected chi connectivity index (χ4v) is 5.82. The van der Waals surface area contributed by atoms with E-state index in [1.807, 2.05) is 23.6 Å². The van der Waals surface area contributed by atoms with Crippen molar-refractivity contribution in [1.82, 2.24) is 9.47 Å². The smallest absolute Gasteiger partial charge is 0.338 e. The number of likely N-dealkylation sites (tertiary alicyclic amines) is 1.